The summed E-state index contributed by atoms with van der Waals surface area (Å²) in [6, 6.07) is 6.11. The van der Waals surface area contributed by atoms with Crippen LogP contribution in [0.5, 0.6) is 0 Å². The Balaban J connectivity index is 2.47. The Labute approximate surface area is 123 Å². The fourth-order valence-electron chi connectivity index (χ4n) is 1.72. The van der Waals surface area contributed by atoms with Crippen LogP contribution < -0.4 is 5.32 Å². The molecular weight excluding hydrogens is 306 g/mol. The van der Waals surface area contributed by atoms with Crippen LogP contribution in [0.3, 0.4) is 0 Å². The Morgan fingerprint density at radius 3 is 2.63 bits per heavy atom. The van der Waals surface area contributed by atoms with Gasteiger partial charge in [-0.2, -0.15) is 0 Å². The monoisotopic (exact) mass is 327 g/mol. The number of carbonyl (C=O) groups excluding carboxylic acids is 1. The van der Waals surface area contributed by atoms with E-state index in [4.69, 9.17) is 4.74 Å². The summed E-state index contributed by atoms with van der Waals surface area (Å²) in [5.41, 5.74) is 1.90. The Morgan fingerprint density at radius 1 is 1.37 bits per heavy atom. The van der Waals surface area contributed by atoms with Crippen LogP contribution in [0.1, 0.15) is 39.7 Å². The molecule has 106 valence electrons. The van der Waals surface area contributed by atoms with Crippen LogP contribution >= 0.6 is 15.9 Å². The van der Waals surface area contributed by atoms with E-state index >= 15 is 0 Å². The van der Waals surface area contributed by atoms with Gasteiger partial charge in [0.15, 0.2) is 0 Å². The lowest BCUT2D eigenvalue weighted by molar-refractivity contribution is -0.154. The van der Waals surface area contributed by atoms with Gasteiger partial charge in [0, 0.05) is 16.7 Å². The molecule has 0 unspecified atom stereocenters. The van der Waals surface area contributed by atoms with E-state index in [1.807, 2.05) is 32.9 Å². The maximum Gasteiger partial charge on any atom is 0.308 e. The van der Waals surface area contributed by atoms with E-state index < -0.39 is 5.60 Å². The summed E-state index contributed by atoms with van der Waals surface area (Å²) >= 11 is 3.46. The van der Waals surface area contributed by atoms with E-state index in [1.54, 1.807) is 0 Å². The Bertz CT molecular complexity index is 438. The molecule has 0 aliphatic rings. The quantitative estimate of drug-likeness (QED) is 0.825. The smallest absolute Gasteiger partial charge is 0.308 e. The van der Waals surface area contributed by atoms with Crippen molar-refractivity contribution in [3.05, 3.63) is 28.2 Å². The number of halogens is 1. The number of carbonyl (C=O) groups is 1. The lowest BCUT2D eigenvalue weighted by atomic mass is 10.1. The van der Waals surface area contributed by atoms with Gasteiger partial charge in [-0.25, -0.2) is 0 Å². The molecule has 1 rings (SSSR count). The van der Waals surface area contributed by atoms with E-state index in [0.717, 1.165) is 16.6 Å². The molecule has 3 nitrogen and oxygen atoms in total. The molecule has 0 bridgehead atoms. The lowest BCUT2D eigenvalue weighted by Gasteiger charge is -2.19. The molecule has 19 heavy (non-hydrogen) atoms. The average molecular weight is 328 g/mol. The third-order valence-electron chi connectivity index (χ3n) is 2.51. The van der Waals surface area contributed by atoms with Crippen molar-refractivity contribution >= 4 is 27.6 Å². The fourth-order valence-corrected chi connectivity index (χ4v) is 2.13. The van der Waals surface area contributed by atoms with Crippen molar-refractivity contribution in [3.8, 4) is 0 Å². The van der Waals surface area contributed by atoms with Crippen molar-refractivity contribution in [2.75, 3.05) is 11.9 Å². The number of benzene rings is 1. The molecule has 0 aliphatic carbocycles. The number of rotatable bonds is 5. The first-order chi connectivity index (χ1) is 8.81. The Morgan fingerprint density at radius 2 is 2.05 bits per heavy atom. The molecule has 0 atom stereocenters. The van der Waals surface area contributed by atoms with Crippen LogP contribution in [-0.4, -0.2) is 18.1 Å². The zero-order valence-corrected chi connectivity index (χ0v) is 13.6. The molecule has 0 saturated carbocycles. The summed E-state index contributed by atoms with van der Waals surface area (Å²) in [5, 5.41) is 3.29. The molecule has 0 fully saturated rings. The number of esters is 1. The standard InChI is InChI=1S/C15H22BrNO2/c1-5-11-10-12(16)6-7-13(11)17-9-8-14(18)19-15(2,3)4/h6-7,10,17H,5,8-9H2,1-4H3. The summed E-state index contributed by atoms with van der Waals surface area (Å²) in [6.07, 6.45) is 1.32. The predicted molar refractivity (Wildman–Crippen MR) is 82.5 cm³/mol. The van der Waals surface area contributed by atoms with Crippen molar-refractivity contribution in [2.45, 2.75) is 46.1 Å². The molecule has 0 amide bonds. The second-order valence-corrected chi connectivity index (χ2v) is 6.33. The van der Waals surface area contributed by atoms with Crippen LogP contribution in [0, 0.1) is 0 Å². The van der Waals surface area contributed by atoms with Gasteiger partial charge in [-0.15, -0.1) is 0 Å². The highest BCUT2D eigenvalue weighted by Crippen LogP contribution is 2.21. The van der Waals surface area contributed by atoms with E-state index in [0.29, 0.717) is 13.0 Å². The van der Waals surface area contributed by atoms with Crippen LogP contribution in [0.4, 0.5) is 5.69 Å². The van der Waals surface area contributed by atoms with Crippen molar-refractivity contribution in [1.29, 1.82) is 0 Å². The van der Waals surface area contributed by atoms with E-state index in [-0.39, 0.29) is 5.97 Å². The second kappa shape index (κ2) is 6.94. The third kappa shape index (κ3) is 6.10. The number of hydrogen-bond donors (Lipinski definition) is 1. The van der Waals surface area contributed by atoms with Gasteiger partial charge in [-0.1, -0.05) is 22.9 Å². The molecule has 1 aromatic rings. The molecule has 0 aliphatic heterocycles. The molecule has 0 saturated heterocycles. The fraction of sp³-hybridized carbons (Fsp3) is 0.533. The molecule has 0 aromatic heterocycles. The minimum absolute atomic E-state index is 0.171. The van der Waals surface area contributed by atoms with Gasteiger partial charge in [0.05, 0.1) is 6.42 Å². The highest BCUT2D eigenvalue weighted by molar-refractivity contribution is 9.10. The number of anilines is 1. The van der Waals surface area contributed by atoms with Crippen LogP contribution in [0.2, 0.25) is 0 Å². The number of hydrogen-bond acceptors (Lipinski definition) is 3. The third-order valence-corrected chi connectivity index (χ3v) is 3.01. The van der Waals surface area contributed by atoms with Gasteiger partial charge >= 0.3 is 5.97 Å². The first-order valence-electron chi connectivity index (χ1n) is 6.56. The largest absolute Gasteiger partial charge is 0.460 e. The van der Waals surface area contributed by atoms with Gasteiger partial charge in [0.2, 0.25) is 0 Å². The normalized spacial score (nSPS) is 11.2. The van der Waals surface area contributed by atoms with Crippen molar-refractivity contribution in [2.24, 2.45) is 0 Å². The second-order valence-electron chi connectivity index (χ2n) is 5.42. The number of ether oxygens (including phenoxy) is 1. The van der Waals surface area contributed by atoms with Crippen molar-refractivity contribution in [3.63, 3.8) is 0 Å². The predicted octanol–water partition coefficient (Wildman–Crippen LogP) is 4.16. The van der Waals surface area contributed by atoms with Gasteiger partial charge in [-0.3, -0.25) is 4.79 Å². The first-order valence-corrected chi connectivity index (χ1v) is 7.35. The number of aryl methyl sites for hydroxylation is 1. The Kier molecular flexibility index (Phi) is 5.85. The van der Waals surface area contributed by atoms with Gasteiger partial charge in [0.1, 0.15) is 5.60 Å². The number of nitrogens with one attached hydrogen (secondary N) is 1. The zero-order valence-electron chi connectivity index (χ0n) is 12.0. The molecule has 0 spiro atoms. The average Bonchev–Trinajstić information content (AvgIpc) is 2.28. The summed E-state index contributed by atoms with van der Waals surface area (Å²) < 4.78 is 6.34. The summed E-state index contributed by atoms with van der Waals surface area (Å²) in [4.78, 5) is 11.6. The Hall–Kier alpha value is -1.03. The molecule has 4 heteroatoms. The van der Waals surface area contributed by atoms with Crippen LogP contribution in [-0.2, 0) is 16.0 Å². The summed E-state index contributed by atoms with van der Waals surface area (Å²) in [5.74, 6) is -0.171. The van der Waals surface area contributed by atoms with Crippen molar-refractivity contribution < 1.29 is 9.53 Å². The minimum atomic E-state index is -0.413. The summed E-state index contributed by atoms with van der Waals surface area (Å²) in [6.45, 7) is 8.33. The van der Waals surface area contributed by atoms with Crippen LogP contribution in [0.15, 0.2) is 22.7 Å². The maximum atomic E-state index is 11.6. The zero-order chi connectivity index (χ0) is 14.5. The lowest BCUT2D eigenvalue weighted by Crippen LogP contribution is -2.25. The minimum Gasteiger partial charge on any atom is -0.460 e. The highest BCUT2D eigenvalue weighted by atomic mass is 79.9. The molecular formula is C15H22BrNO2. The molecule has 1 N–H and O–H groups in total. The summed E-state index contributed by atoms with van der Waals surface area (Å²) in [7, 11) is 0. The van der Waals surface area contributed by atoms with Gasteiger partial charge in [-0.05, 0) is 51.0 Å². The van der Waals surface area contributed by atoms with E-state index in [1.165, 1.54) is 5.56 Å². The highest BCUT2D eigenvalue weighted by Gasteiger charge is 2.15. The molecule has 0 radical (unpaired) electrons. The maximum absolute atomic E-state index is 11.6. The van der Waals surface area contributed by atoms with E-state index in [9.17, 15) is 4.79 Å². The first kappa shape index (κ1) is 16.0. The topological polar surface area (TPSA) is 38.3 Å². The van der Waals surface area contributed by atoms with Gasteiger partial charge < -0.3 is 10.1 Å². The van der Waals surface area contributed by atoms with Crippen molar-refractivity contribution in [1.82, 2.24) is 0 Å². The van der Waals surface area contributed by atoms with Gasteiger partial charge in [0.25, 0.3) is 0 Å². The molecule has 1 aromatic carbocycles. The SMILES string of the molecule is CCc1cc(Br)ccc1NCCC(=O)OC(C)(C)C. The molecule has 0 heterocycles. The van der Waals surface area contributed by atoms with Crippen LogP contribution in [0.25, 0.3) is 0 Å². The van der Waals surface area contributed by atoms with E-state index in [2.05, 4.69) is 34.2 Å².